The molecule has 1 aliphatic carbocycles. The fraction of sp³-hybridized carbons (Fsp3) is 0.714. The van der Waals surface area contributed by atoms with Crippen LogP contribution >= 0.6 is 0 Å². The highest BCUT2D eigenvalue weighted by atomic mass is 19.4. The minimum atomic E-state index is -4.35. The smallest absolute Gasteiger partial charge is 0.392 e. The van der Waals surface area contributed by atoms with Gasteiger partial charge in [0.1, 0.15) is 0 Å². The molecule has 1 saturated heterocycles. The maximum atomic E-state index is 12.9. The Morgan fingerprint density at radius 1 is 1.41 bits per heavy atom. The van der Waals surface area contributed by atoms with Crippen molar-refractivity contribution < 1.29 is 27.5 Å². The summed E-state index contributed by atoms with van der Waals surface area (Å²) in [5, 5.41) is 9.23. The highest BCUT2D eigenvalue weighted by Gasteiger charge is 2.48. The quantitative estimate of drug-likeness (QED) is 0.928. The van der Waals surface area contributed by atoms with Crippen molar-refractivity contribution in [3.05, 3.63) is 17.8 Å². The Hall–Kier alpha value is -1.57. The van der Waals surface area contributed by atoms with Crippen LogP contribution in [-0.4, -0.2) is 46.8 Å². The minimum Gasteiger partial charge on any atom is -0.438 e. The first-order valence-electron chi connectivity index (χ1n) is 7.32. The van der Waals surface area contributed by atoms with Crippen molar-refractivity contribution in [1.82, 2.24) is 9.88 Å². The summed E-state index contributed by atoms with van der Waals surface area (Å²) < 4.78 is 43.9. The summed E-state index contributed by atoms with van der Waals surface area (Å²) in [6.07, 6.45) is -1.46. The largest absolute Gasteiger partial charge is 0.438 e. The normalized spacial score (nSPS) is 26.3. The number of halogens is 3. The molecule has 0 bridgehead atoms. The average molecular weight is 318 g/mol. The third-order valence-corrected chi connectivity index (χ3v) is 4.43. The summed E-state index contributed by atoms with van der Waals surface area (Å²) in [7, 11) is 0. The molecule has 0 radical (unpaired) electrons. The predicted molar refractivity (Wildman–Crippen MR) is 69.1 cm³/mol. The van der Waals surface area contributed by atoms with E-state index in [1.165, 1.54) is 11.3 Å². The molecule has 2 unspecified atom stereocenters. The van der Waals surface area contributed by atoms with Crippen LogP contribution in [0.2, 0.25) is 0 Å². The van der Waals surface area contributed by atoms with Crippen molar-refractivity contribution in [2.75, 3.05) is 19.7 Å². The van der Waals surface area contributed by atoms with Gasteiger partial charge in [-0.1, -0.05) is 0 Å². The molecule has 5 nitrogen and oxygen atoms in total. The monoisotopic (exact) mass is 318 g/mol. The van der Waals surface area contributed by atoms with Gasteiger partial charge in [0.15, 0.2) is 6.39 Å². The summed E-state index contributed by atoms with van der Waals surface area (Å²) in [6.45, 7) is -0.714. The van der Waals surface area contributed by atoms with Gasteiger partial charge in [-0.2, -0.15) is 13.2 Å². The van der Waals surface area contributed by atoms with Crippen molar-refractivity contribution in [2.24, 2.45) is 11.8 Å². The number of piperidine rings is 1. The van der Waals surface area contributed by atoms with Crippen LogP contribution in [0.1, 0.15) is 41.4 Å². The van der Waals surface area contributed by atoms with Crippen LogP contribution in [-0.2, 0) is 0 Å². The molecule has 3 rings (SSSR count). The van der Waals surface area contributed by atoms with Gasteiger partial charge in [-0.15, -0.1) is 0 Å². The van der Waals surface area contributed by atoms with Crippen molar-refractivity contribution in [1.29, 1.82) is 0 Å². The lowest BCUT2D eigenvalue weighted by atomic mass is 9.85. The van der Waals surface area contributed by atoms with E-state index in [1.54, 1.807) is 0 Å². The topological polar surface area (TPSA) is 66.6 Å². The number of carbonyl (C=O) groups is 1. The lowest BCUT2D eigenvalue weighted by Crippen LogP contribution is -2.49. The van der Waals surface area contributed by atoms with Crippen LogP contribution in [0.15, 0.2) is 10.8 Å². The van der Waals surface area contributed by atoms with Crippen molar-refractivity contribution in [2.45, 2.75) is 31.4 Å². The predicted octanol–water partition coefficient (Wildman–Crippen LogP) is 2.18. The van der Waals surface area contributed by atoms with Gasteiger partial charge in [0.25, 0.3) is 5.91 Å². The Morgan fingerprint density at radius 2 is 2.14 bits per heavy atom. The zero-order valence-electron chi connectivity index (χ0n) is 11.8. The van der Waals surface area contributed by atoms with Crippen molar-refractivity contribution >= 4 is 5.91 Å². The van der Waals surface area contributed by atoms with E-state index in [9.17, 15) is 23.1 Å². The summed E-state index contributed by atoms with van der Waals surface area (Å²) in [5.41, 5.74) is 0.600. The molecule has 0 spiro atoms. The van der Waals surface area contributed by atoms with E-state index in [-0.39, 0.29) is 31.2 Å². The van der Waals surface area contributed by atoms with Crippen LogP contribution < -0.4 is 0 Å². The van der Waals surface area contributed by atoms with Gasteiger partial charge in [0.2, 0.25) is 5.76 Å². The number of alkyl halides is 3. The second kappa shape index (κ2) is 5.57. The highest BCUT2D eigenvalue weighted by molar-refractivity contribution is 5.92. The molecule has 1 aromatic heterocycles. The molecule has 1 aromatic rings. The highest BCUT2D eigenvalue weighted by Crippen LogP contribution is 2.42. The SMILES string of the molecule is O=C(c1ocnc1C1CC1)N1CCC(C(F)(F)F)C(CO)C1. The lowest BCUT2D eigenvalue weighted by Gasteiger charge is -2.38. The molecule has 122 valence electrons. The fourth-order valence-corrected chi connectivity index (χ4v) is 3.04. The minimum absolute atomic E-state index is 0.00428. The molecule has 2 heterocycles. The van der Waals surface area contributed by atoms with Gasteiger partial charge in [-0.25, -0.2) is 4.98 Å². The Labute approximate surface area is 125 Å². The van der Waals surface area contributed by atoms with Gasteiger partial charge in [0, 0.05) is 31.5 Å². The van der Waals surface area contributed by atoms with Gasteiger partial charge < -0.3 is 14.4 Å². The molecule has 1 saturated carbocycles. The summed E-state index contributed by atoms with van der Waals surface area (Å²) in [5.74, 6) is -2.65. The van der Waals surface area contributed by atoms with Crippen molar-refractivity contribution in [3.63, 3.8) is 0 Å². The second-order valence-corrected chi connectivity index (χ2v) is 5.97. The van der Waals surface area contributed by atoms with E-state index in [1.807, 2.05) is 0 Å². The molecule has 1 amide bonds. The van der Waals surface area contributed by atoms with Gasteiger partial charge in [-0.3, -0.25) is 4.79 Å². The van der Waals surface area contributed by atoms with Crippen LogP contribution in [0.4, 0.5) is 13.2 Å². The second-order valence-electron chi connectivity index (χ2n) is 5.97. The Morgan fingerprint density at radius 3 is 2.73 bits per heavy atom. The summed E-state index contributed by atoms with van der Waals surface area (Å²) in [6, 6.07) is 0. The van der Waals surface area contributed by atoms with Crippen LogP contribution in [0.25, 0.3) is 0 Å². The zero-order chi connectivity index (χ0) is 15.9. The summed E-state index contributed by atoms with van der Waals surface area (Å²) >= 11 is 0. The van der Waals surface area contributed by atoms with E-state index in [4.69, 9.17) is 4.42 Å². The van der Waals surface area contributed by atoms with E-state index >= 15 is 0 Å². The number of aliphatic hydroxyl groups excluding tert-OH is 1. The number of aromatic nitrogens is 1. The van der Waals surface area contributed by atoms with Gasteiger partial charge in [-0.05, 0) is 19.3 Å². The first kappa shape index (κ1) is 15.3. The third-order valence-electron chi connectivity index (χ3n) is 4.43. The number of likely N-dealkylation sites (tertiary alicyclic amines) is 1. The first-order chi connectivity index (χ1) is 10.4. The fourth-order valence-electron chi connectivity index (χ4n) is 3.04. The number of oxazole rings is 1. The number of rotatable bonds is 3. The Kier molecular flexibility index (Phi) is 3.88. The number of hydrogen-bond acceptors (Lipinski definition) is 4. The summed E-state index contributed by atoms with van der Waals surface area (Å²) in [4.78, 5) is 17.8. The molecule has 2 aliphatic rings. The molecule has 0 aromatic carbocycles. The number of hydrogen-bond donors (Lipinski definition) is 1. The molecular weight excluding hydrogens is 301 g/mol. The molecular formula is C14H17F3N2O3. The lowest BCUT2D eigenvalue weighted by molar-refractivity contribution is -0.202. The molecule has 22 heavy (non-hydrogen) atoms. The van der Waals surface area contributed by atoms with Crippen LogP contribution in [0.3, 0.4) is 0 Å². The van der Waals surface area contributed by atoms with E-state index in [0.29, 0.717) is 5.69 Å². The maximum Gasteiger partial charge on any atom is 0.392 e. The van der Waals surface area contributed by atoms with E-state index in [0.717, 1.165) is 12.8 Å². The Balaban J connectivity index is 1.73. The maximum absolute atomic E-state index is 12.9. The first-order valence-corrected chi connectivity index (χ1v) is 7.32. The molecule has 2 fully saturated rings. The molecule has 8 heteroatoms. The van der Waals surface area contributed by atoms with Crippen molar-refractivity contribution in [3.8, 4) is 0 Å². The van der Waals surface area contributed by atoms with Crippen LogP contribution in [0.5, 0.6) is 0 Å². The van der Waals surface area contributed by atoms with Crippen LogP contribution in [0, 0.1) is 11.8 Å². The van der Waals surface area contributed by atoms with E-state index < -0.39 is 30.5 Å². The number of amides is 1. The zero-order valence-corrected chi connectivity index (χ0v) is 11.8. The number of aliphatic hydroxyl groups is 1. The molecule has 1 N–H and O–H groups in total. The average Bonchev–Trinajstić information content (AvgIpc) is 3.22. The molecule has 1 aliphatic heterocycles. The number of nitrogens with zero attached hydrogens (tertiary/aromatic N) is 2. The van der Waals surface area contributed by atoms with Gasteiger partial charge >= 0.3 is 6.18 Å². The van der Waals surface area contributed by atoms with Gasteiger partial charge in [0.05, 0.1) is 11.6 Å². The Bertz CT molecular complexity index is 554. The number of carbonyl (C=O) groups excluding carboxylic acids is 1. The standard InChI is InChI=1S/C14H17F3N2O3/c15-14(16,17)10-3-4-19(5-9(10)6-20)13(21)12-11(8-1-2-8)18-7-22-12/h7-10,20H,1-6H2. The molecule has 2 atom stereocenters. The third kappa shape index (κ3) is 2.84. The van der Waals surface area contributed by atoms with E-state index in [2.05, 4.69) is 4.98 Å².